The van der Waals surface area contributed by atoms with Gasteiger partial charge >= 0.3 is 0 Å². The van der Waals surface area contributed by atoms with Crippen LogP contribution in [0.25, 0.3) is 0 Å². The van der Waals surface area contributed by atoms with Gasteiger partial charge in [-0.3, -0.25) is 0 Å². The molecule has 0 N–H and O–H groups in total. The summed E-state index contributed by atoms with van der Waals surface area (Å²) in [6.45, 7) is 0. The average molecular weight is 366 g/mol. The first-order chi connectivity index (χ1) is 8.75. The number of hydrogen-bond acceptors (Lipinski definition) is 0. The lowest BCUT2D eigenvalue weighted by atomic mass is 10.1. The van der Waals surface area contributed by atoms with Crippen LogP contribution in [0, 0.1) is 0 Å². The van der Waals surface area contributed by atoms with Crippen LogP contribution in [0.15, 0.2) is 69.6 Å². The van der Waals surface area contributed by atoms with Crippen molar-refractivity contribution in [3.63, 3.8) is 0 Å². The van der Waals surface area contributed by atoms with Crippen molar-refractivity contribution in [2.75, 3.05) is 0 Å². The van der Waals surface area contributed by atoms with E-state index in [0.717, 1.165) is 12.8 Å². The summed E-state index contributed by atoms with van der Waals surface area (Å²) < 4.78 is 2.41. The summed E-state index contributed by atoms with van der Waals surface area (Å²) in [4.78, 5) is 0. The Morgan fingerprint density at radius 3 is 1.28 bits per heavy atom. The minimum atomic E-state index is 0.925. The zero-order valence-corrected chi connectivity index (χ0v) is 13.1. The highest BCUT2D eigenvalue weighted by atomic mass is 79.9. The molecule has 0 heterocycles. The van der Waals surface area contributed by atoms with Crippen molar-refractivity contribution >= 4 is 31.9 Å². The van der Waals surface area contributed by atoms with Crippen molar-refractivity contribution < 1.29 is 0 Å². The molecule has 0 aliphatic rings. The molecule has 2 aromatic carbocycles. The molecule has 0 fully saturated rings. The Kier molecular flexibility index (Phi) is 5.21. The zero-order valence-electron chi connectivity index (χ0n) is 9.94. The van der Waals surface area contributed by atoms with E-state index in [0.29, 0.717) is 0 Å². The van der Waals surface area contributed by atoms with Crippen molar-refractivity contribution in [3.8, 4) is 0 Å². The second kappa shape index (κ2) is 6.91. The summed E-state index contributed by atoms with van der Waals surface area (Å²) in [6.07, 6.45) is 1.85. The van der Waals surface area contributed by atoms with Gasteiger partial charge in [0.25, 0.3) is 0 Å². The fourth-order valence-corrected chi connectivity index (χ4v) is 2.67. The topological polar surface area (TPSA) is 0 Å². The third-order valence-corrected chi connectivity index (χ3v) is 4.75. The summed E-state index contributed by atoms with van der Waals surface area (Å²) in [5, 5.41) is 0. The van der Waals surface area contributed by atoms with Crippen molar-refractivity contribution in [1.82, 2.24) is 0 Å². The molecule has 0 amide bonds. The number of hydrogen-bond donors (Lipinski definition) is 0. The molecule has 0 saturated carbocycles. The lowest BCUT2D eigenvalue weighted by Crippen LogP contribution is -1.90. The first-order valence-electron chi connectivity index (χ1n) is 5.86. The van der Waals surface area contributed by atoms with Crippen LogP contribution < -0.4 is 0 Å². The summed E-state index contributed by atoms with van der Waals surface area (Å²) in [6, 6.07) is 20.9. The quantitative estimate of drug-likeness (QED) is 0.673. The van der Waals surface area contributed by atoms with Gasteiger partial charge in [0.1, 0.15) is 0 Å². The van der Waals surface area contributed by atoms with E-state index in [-0.39, 0.29) is 0 Å². The van der Waals surface area contributed by atoms with E-state index in [2.05, 4.69) is 80.4 Å². The highest BCUT2D eigenvalue weighted by Crippen LogP contribution is 2.25. The van der Waals surface area contributed by atoms with Crippen LogP contribution in [-0.4, -0.2) is 0 Å². The van der Waals surface area contributed by atoms with Gasteiger partial charge in [-0.1, -0.05) is 92.5 Å². The van der Waals surface area contributed by atoms with Gasteiger partial charge < -0.3 is 0 Å². The van der Waals surface area contributed by atoms with E-state index in [9.17, 15) is 0 Å². The maximum absolute atomic E-state index is 3.67. The van der Waals surface area contributed by atoms with Crippen LogP contribution in [0.5, 0.6) is 0 Å². The molecule has 0 atom stereocenters. The highest BCUT2D eigenvalue weighted by molar-refractivity contribution is 9.14. The van der Waals surface area contributed by atoms with E-state index in [1.807, 2.05) is 12.1 Å². The zero-order chi connectivity index (χ0) is 12.8. The molecule has 0 unspecified atom stereocenters. The van der Waals surface area contributed by atoms with Gasteiger partial charge in [0.15, 0.2) is 0 Å². The summed E-state index contributed by atoms with van der Waals surface area (Å²) in [5.74, 6) is 0. The Labute approximate surface area is 125 Å². The lowest BCUT2D eigenvalue weighted by molar-refractivity contribution is 1.18. The standard InChI is InChI=1S/C16H14Br2/c17-15(11-13-7-3-1-4-8-13)16(18)12-14-9-5-2-6-10-14/h1-10H,11-12H2. The van der Waals surface area contributed by atoms with Crippen LogP contribution in [-0.2, 0) is 12.8 Å². The Morgan fingerprint density at radius 1 is 0.611 bits per heavy atom. The lowest BCUT2D eigenvalue weighted by Gasteiger charge is -2.05. The van der Waals surface area contributed by atoms with Gasteiger partial charge in [0.05, 0.1) is 0 Å². The van der Waals surface area contributed by atoms with E-state index < -0.39 is 0 Å². The Balaban J connectivity index is 2.06. The second-order valence-electron chi connectivity index (χ2n) is 4.13. The van der Waals surface area contributed by atoms with E-state index >= 15 is 0 Å². The van der Waals surface area contributed by atoms with E-state index in [1.54, 1.807) is 0 Å². The SMILES string of the molecule is BrC(Cc1ccccc1)=C(Br)Cc1ccccc1. The van der Waals surface area contributed by atoms with Crippen molar-refractivity contribution in [2.24, 2.45) is 0 Å². The van der Waals surface area contributed by atoms with E-state index in [4.69, 9.17) is 0 Å². The van der Waals surface area contributed by atoms with Gasteiger partial charge in [-0.25, -0.2) is 0 Å². The molecule has 18 heavy (non-hydrogen) atoms. The number of allylic oxidation sites excluding steroid dienone is 2. The normalized spacial score (nSPS) is 12.1. The minimum Gasteiger partial charge on any atom is -0.0622 e. The Bertz CT molecular complexity index is 466. The van der Waals surface area contributed by atoms with Gasteiger partial charge in [-0.05, 0) is 11.1 Å². The van der Waals surface area contributed by atoms with Gasteiger partial charge in [0, 0.05) is 21.8 Å². The Hall–Kier alpha value is -0.860. The van der Waals surface area contributed by atoms with Gasteiger partial charge in [-0.2, -0.15) is 0 Å². The molecule has 0 bridgehead atoms. The molecule has 2 rings (SSSR count). The molecule has 0 nitrogen and oxygen atoms in total. The van der Waals surface area contributed by atoms with Crippen LogP contribution in [0.3, 0.4) is 0 Å². The second-order valence-corrected chi connectivity index (χ2v) is 6.05. The van der Waals surface area contributed by atoms with Crippen LogP contribution >= 0.6 is 31.9 Å². The molecule has 2 aromatic rings. The minimum absolute atomic E-state index is 0.925. The first-order valence-corrected chi connectivity index (χ1v) is 7.45. The van der Waals surface area contributed by atoms with Crippen molar-refractivity contribution in [3.05, 3.63) is 80.8 Å². The summed E-state index contributed by atoms with van der Waals surface area (Å²) >= 11 is 7.34. The number of benzene rings is 2. The molecular formula is C16H14Br2. The molecule has 2 heteroatoms. The smallest absolute Gasteiger partial charge is 0.00990 e. The van der Waals surface area contributed by atoms with Crippen LogP contribution in [0.1, 0.15) is 11.1 Å². The molecule has 0 aliphatic heterocycles. The summed E-state index contributed by atoms with van der Waals surface area (Å²) in [5.41, 5.74) is 2.63. The highest BCUT2D eigenvalue weighted by Gasteiger charge is 2.03. The molecule has 0 aliphatic carbocycles. The van der Waals surface area contributed by atoms with Gasteiger partial charge in [0.2, 0.25) is 0 Å². The van der Waals surface area contributed by atoms with Crippen LogP contribution in [0.2, 0.25) is 0 Å². The fourth-order valence-electron chi connectivity index (χ4n) is 1.74. The third-order valence-electron chi connectivity index (χ3n) is 2.70. The molecule has 0 radical (unpaired) electrons. The maximum Gasteiger partial charge on any atom is 0.00990 e. The molecule has 0 saturated heterocycles. The average Bonchev–Trinajstić information content (AvgIpc) is 2.41. The number of rotatable bonds is 4. The van der Waals surface area contributed by atoms with Crippen molar-refractivity contribution in [2.45, 2.75) is 12.8 Å². The fraction of sp³-hybridized carbons (Fsp3) is 0.125. The molecule has 92 valence electrons. The monoisotopic (exact) mass is 364 g/mol. The molecular weight excluding hydrogens is 352 g/mol. The predicted octanol–water partition coefficient (Wildman–Crippen LogP) is 5.47. The van der Waals surface area contributed by atoms with Crippen LogP contribution in [0.4, 0.5) is 0 Å². The third kappa shape index (κ3) is 4.11. The van der Waals surface area contributed by atoms with Crippen molar-refractivity contribution in [1.29, 1.82) is 0 Å². The maximum atomic E-state index is 3.67. The van der Waals surface area contributed by atoms with Gasteiger partial charge in [-0.15, -0.1) is 0 Å². The molecule has 0 aromatic heterocycles. The number of halogens is 2. The Morgan fingerprint density at radius 2 is 0.944 bits per heavy atom. The molecule has 0 spiro atoms. The largest absolute Gasteiger partial charge is 0.0622 e. The predicted molar refractivity (Wildman–Crippen MR) is 85.2 cm³/mol. The van der Waals surface area contributed by atoms with E-state index in [1.165, 1.54) is 20.1 Å². The summed E-state index contributed by atoms with van der Waals surface area (Å²) in [7, 11) is 0. The first kappa shape index (κ1) is 13.6.